The van der Waals surface area contributed by atoms with E-state index in [1.54, 1.807) is 0 Å². The Morgan fingerprint density at radius 2 is 1.25 bits per heavy atom. The summed E-state index contributed by atoms with van der Waals surface area (Å²) in [6.07, 6.45) is 13.0. The van der Waals surface area contributed by atoms with Crippen LogP contribution in [0.2, 0.25) is 0 Å². The number of benzene rings is 2. The van der Waals surface area contributed by atoms with Gasteiger partial charge in [-0.1, -0.05) is 106 Å². The van der Waals surface area contributed by atoms with Crippen molar-refractivity contribution in [3.63, 3.8) is 0 Å². The van der Waals surface area contributed by atoms with Gasteiger partial charge in [-0.25, -0.2) is 0 Å². The van der Waals surface area contributed by atoms with Crippen LogP contribution in [0.5, 0.6) is 0 Å². The van der Waals surface area contributed by atoms with E-state index in [0.29, 0.717) is 12.0 Å². The Hall–Kier alpha value is -0.651. The van der Waals surface area contributed by atoms with E-state index in [-0.39, 0.29) is 39.8 Å². The summed E-state index contributed by atoms with van der Waals surface area (Å²) in [5.41, 5.74) is 0.733. The maximum absolute atomic E-state index is 6.14. The van der Waals surface area contributed by atoms with Crippen molar-refractivity contribution in [2.75, 3.05) is 6.61 Å². The normalized spacial score (nSPS) is 20.2. The number of ether oxygens (including phenoxy) is 1. The van der Waals surface area contributed by atoms with E-state index in [1.807, 2.05) is 0 Å². The predicted octanol–water partition coefficient (Wildman–Crippen LogP) is 7.95. The van der Waals surface area contributed by atoms with Gasteiger partial charge in [0.05, 0.1) is 6.10 Å². The van der Waals surface area contributed by atoms with E-state index in [2.05, 4.69) is 74.5 Å². The molecular formula is C29H45FeOP. The standard InChI is InChI=1S/C22H29OP.C5H10.2CH3.Fe/c1-3-17-23-18(2)21-15-10-16-22(21)24(19-11-6-4-7-12-19)20-13-8-5-9-14-20;1-2-4-5-3-1;;;/h4-9,11-14,18,21-22H,3,10,15-17H2,1-2H3;1-5H2;2*1H3;/q;;2*-1;+2. The Balaban J connectivity index is 0.00000106. The van der Waals surface area contributed by atoms with Crippen molar-refractivity contribution in [3.8, 4) is 0 Å². The zero-order valence-corrected chi connectivity index (χ0v) is 22.8. The summed E-state index contributed by atoms with van der Waals surface area (Å²) in [5.74, 6) is 0.683. The monoisotopic (exact) mass is 496 g/mol. The second kappa shape index (κ2) is 17.8. The quantitative estimate of drug-likeness (QED) is 0.215. The van der Waals surface area contributed by atoms with Crippen LogP contribution in [-0.2, 0) is 21.8 Å². The number of hydrogen-bond donors (Lipinski definition) is 0. The molecule has 0 aliphatic heterocycles. The molecule has 4 rings (SSSR count). The first-order valence-electron chi connectivity index (χ1n) is 11.8. The molecule has 0 aromatic heterocycles. The van der Waals surface area contributed by atoms with Gasteiger partial charge in [0.25, 0.3) is 0 Å². The molecule has 2 aliphatic rings. The van der Waals surface area contributed by atoms with Crippen LogP contribution < -0.4 is 10.6 Å². The van der Waals surface area contributed by atoms with Crippen molar-refractivity contribution < 1.29 is 21.8 Å². The van der Waals surface area contributed by atoms with Gasteiger partial charge in [0.2, 0.25) is 0 Å². The van der Waals surface area contributed by atoms with Crippen LogP contribution in [0.4, 0.5) is 0 Å². The zero-order chi connectivity index (χ0) is 20.3. The minimum Gasteiger partial charge on any atom is -0.378 e. The van der Waals surface area contributed by atoms with Crippen molar-refractivity contribution in [1.82, 2.24) is 0 Å². The third-order valence-corrected chi connectivity index (χ3v) is 9.38. The third kappa shape index (κ3) is 9.30. The molecule has 3 atom stereocenters. The van der Waals surface area contributed by atoms with Crippen LogP contribution in [0.1, 0.15) is 71.6 Å². The minimum atomic E-state index is -0.319. The van der Waals surface area contributed by atoms with Crippen molar-refractivity contribution in [2.45, 2.75) is 83.4 Å². The molecule has 2 fully saturated rings. The van der Waals surface area contributed by atoms with Crippen LogP contribution in [0.3, 0.4) is 0 Å². The maximum atomic E-state index is 6.14. The Morgan fingerprint density at radius 3 is 1.69 bits per heavy atom. The second-order valence-electron chi connectivity index (χ2n) is 8.55. The van der Waals surface area contributed by atoms with Crippen molar-refractivity contribution in [1.29, 1.82) is 0 Å². The fraction of sp³-hybridized carbons (Fsp3) is 0.517. The maximum Gasteiger partial charge on any atom is 2.00 e. The third-order valence-electron chi connectivity index (χ3n) is 6.37. The van der Waals surface area contributed by atoms with Crippen molar-refractivity contribution in [2.24, 2.45) is 5.92 Å². The van der Waals surface area contributed by atoms with Gasteiger partial charge in [0, 0.05) is 6.61 Å². The van der Waals surface area contributed by atoms with Gasteiger partial charge < -0.3 is 19.6 Å². The van der Waals surface area contributed by atoms with Gasteiger partial charge in [-0.05, 0) is 56.3 Å². The smallest absolute Gasteiger partial charge is 0.378 e. The van der Waals surface area contributed by atoms with Crippen LogP contribution in [0.15, 0.2) is 60.7 Å². The van der Waals surface area contributed by atoms with E-state index < -0.39 is 0 Å². The largest absolute Gasteiger partial charge is 2.00 e. The van der Waals surface area contributed by atoms with Crippen LogP contribution in [-0.4, -0.2) is 18.4 Å². The molecule has 2 saturated carbocycles. The van der Waals surface area contributed by atoms with Crippen LogP contribution in [0, 0.1) is 20.8 Å². The zero-order valence-electron chi connectivity index (χ0n) is 20.8. The van der Waals surface area contributed by atoms with Gasteiger partial charge >= 0.3 is 17.1 Å². The van der Waals surface area contributed by atoms with E-state index in [9.17, 15) is 0 Å². The molecule has 2 aliphatic carbocycles. The van der Waals surface area contributed by atoms with Gasteiger partial charge in [0.15, 0.2) is 0 Å². The molecule has 0 heterocycles. The van der Waals surface area contributed by atoms with Gasteiger partial charge in [0.1, 0.15) is 0 Å². The molecule has 0 amide bonds. The molecule has 0 saturated heterocycles. The molecule has 3 unspecified atom stereocenters. The SMILES string of the molecule is C1CCCC1.CCCOC(C)C1CCCC1P(c1ccccc1)c1ccccc1.[CH3-].[CH3-].[Fe+2]. The topological polar surface area (TPSA) is 9.23 Å². The summed E-state index contributed by atoms with van der Waals surface area (Å²) in [6, 6.07) is 22.3. The number of rotatable bonds is 7. The first-order valence-corrected chi connectivity index (χ1v) is 13.2. The van der Waals surface area contributed by atoms with Gasteiger partial charge in [-0.3, -0.25) is 0 Å². The molecule has 2 aromatic rings. The van der Waals surface area contributed by atoms with E-state index in [0.717, 1.165) is 18.7 Å². The Morgan fingerprint density at radius 1 is 0.781 bits per heavy atom. The molecular weight excluding hydrogens is 451 g/mol. The second-order valence-corrected chi connectivity index (χ2v) is 11.0. The summed E-state index contributed by atoms with van der Waals surface area (Å²) in [5, 5.41) is 3.02. The van der Waals surface area contributed by atoms with Gasteiger partial charge in [-0.15, -0.1) is 0 Å². The first kappa shape index (κ1) is 31.3. The van der Waals surface area contributed by atoms with Crippen LogP contribution in [0.25, 0.3) is 0 Å². The molecule has 0 N–H and O–H groups in total. The van der Waals surface area contributed by atoms with Crippen molar-refractivity contribution in [3.05, 3.63) is 75.5 Å². The first-order chi connectivity index (χ1) is 14.3. The molecule has 0 bridgehead atoms. The summed E-state index contributed by atoms with van der Waals surface area (Å²) >= 11 is 0. The average Bonchev–Trinajstić information content (AvgIpc) is 3.49. The Bertz CT molecular complexity index is 627. The van der Waals surface area contributed by atoms with Gasteiger partial charge in [-0.2, -0.15) is 0 Å². The van der Waals surface area contributed by atoms with Crippen molar-refractivity contribution >= 4 is 18.5 Å². The Labute approximate surface area is 211 Å². The molecule has 0 radical (unpaired) electrons. The number of hydrogen-bond acceptors (Lipinski definition) is 1. The minimum absolute atomic E-state index is 0. The van der Waals surface area contributed by atoms with E-state index >= 15 is 0 Å². The summed E-state index contributed by atoms with van der Waals surface area (Å²) in [6.45, 7) is 5.38. The predicted molar refractivity (Wildman–Crippen MR) is 142 cm³/mol. The fourth-order valence-electron chi connectivity index (χ4n) is 4.86. The van der Waals surface area contributed by atoms with Crippen LogP contribution >= 0.6 is 7.92 Å². The van der Waals surface area contributed by atoms with E-state index in [4.69, 9.17) is 4.74 Å². The summed E-state index contributed by atoms with van der Waals surface area (Å²) < 4.78 is 6.14. The fourth-order valence-corrected chi connectivity index (χ4v) is 8.12. The summed E-state index contributed by atoms with van der Waals surface area (Å²) in [7, 11) is -0.319. The Kier molecular flexibility index (Phi) is 17.4. The molecule has 0 spiro atoms. The molecule has 180 valence electrons. The van der Waals surface area contributed by atoms with E-state index in [1.165, 1.54) is 62.0 Å². The molecule has 3 heteroatoms. The summed E-state index contributed by atoms with van der Waals surface area (Å²) in [4.78, 5) is 0. The average molecular weight is 496 g/mol. The molecule has 1 nitrogen and oxygen atoms in total. The molecule has 32 heavy (non-hydrogen) atoms. The molecule has 2 aromatic carbocycles.